The van der Waals surface area contributed by atoms with Gasteiger partial charge >= 0.3 is 0 Å². The van der Waals surface area contributed by atoms with E-state index in [2.05, 4.69) is 4.98 Å². The molecule has 3 aromatic rings. The molecule has 0 aliphatic heterocycles. The molecule has 2 aromatic carbocycles. The summed E-state index contributed by atoms with van der Waals surface area (Å²) in [5, 5.41) is 0.496. The molecule has 27 heavy (non-hydrogen) atoms. The Balaban J connectivity index is 1.91. The number of aromatic nitrogens is 1. The summed E-state index contributed by atoms with van der Waals surface area (Å²) in [4.78, 5) is 4.74. The molecule has 7 heteroatoms. The molecule has 0 fully saturated rings. The molecule has 142 valence electrons. The van der Waals surface area contributed by atoms with Crippen LogP contribution in [0.2, 0.25) is 5.02 Å². The van der Waals surface area contributed by atoms with E-state index in [1.165, 1.54) is 16.4 Å². The van der Waals surface area contributed by atoms with Crippen molar-refractivity contribution in [1.82, 2.24) is 9.29 Å². The molecule has 0 atom stereocenters. The van der Waals surface area contributed by atoms with Gasteiger partial charge in [-0.2, -0.15) is 4.31 Å². The minimum Gasteiger partial charge on any atom is -0.441 e. The van der Waals surface area contributed by atoms with Gasteiger partial charge in [0, 0.05) is 17.1 Å². The number of nitrogens with zero attached hydrogens (tertiary/aromatic N) is 2. The Bertz CT molecular complexity index is 999. The van der Waals surface area contributed by atoms with E-state index in [0.717, 1.165) is 5.56 Å². The fraction of sp³-hybridized carbons (Fsp3) is 0.250. The van der Waals surface area contributed by atoms with Gasteiger partial charge in [-0.15, -0.1) is 0 Å². The van der Waals surface area contributed by atoms with Crippen molar-refractivity contribution < 1.29 is 12.8 Å². The first-order valence-corrected chi connectivity index (χ1v) is 10.5. The van der Waals surface area contributed by atoms with Crippen LogP contribution in [0.15, 0.2) is 63.9 Å². The van der Waals surface area contributed by atoms with E-state index in [1.54, 1.807) is 19.1 Å². The molecule has 0 radical (unpaired) electrons. The van der Waals surface area contributed by atoms with Gasteiger partial charge in [-0.3, -0.25) is 0 Å². The lowest BCUT2D eigenvalue weighted by molar-refractivity contribution is 0.399. The Labute approximate surface area is 164 Å². The van der Waals surface area contributed by atoms with Crippen molar-refractivity contribution in [3.05, 3.63) is 71.1 Å². The van der Waals surface area contributed by atoms with Crippen LogP contribution in [0.4, 0.5) is 0 Å². The zero-order valence-corrected chi connectivity index (χ0v) is 16.8. The lowest BCUT2D eigenvalue weighted by atomic mass is 10.2. The van der Waals surface area contributed by atoms with Gasteiger partial charge in [-0.25, -0.2) is 13.4 Å². The van der Waals surface area contributed by atoms with Gasteiger partial charge in [0.1, 0.15) is 5.76 Å². The maximum Gasteiger partial charge on any atom is 0.243 e. The second-order valence-corrected chi connectivity index (χ2v) is 8.55. The van der Waals surface area contributed by atoms with Gasteiger partial charge in [0.05, 0.1) is 17.1 Å². The maximum atomic E-state index is 13.1. The first-order chi connectivity index (χ1) is 12.9. The van der Waals surface area contributed by atoms with Crippen molar-refractivity contribution in [3.63, 3.8) is 0 Å². The van der Waals surface area contributed by atoms with Crippen LogP contribution in [-0.2, 0) is 16.6 Å². The Hall–Kier alpha value is -2.15. The van der Waals surface area contributed by atoms with Crippen LogP contribution in [0, 0.1) is 6.92 Å². The molecule has 1 aromatic heterocycles. The van der Waals surface area contributed by atoms with Crippen LogP contribution >= 0.6 is 11.6 Å². The monoisotopic (exact) mass is 404 g/mol. The second kappa shape index (κ2) is 8.25. The molecule has 0 aliphatic carbocycles. The highest BCUT2D eigenvalue weighted by atomic mass is 35.5. The molecule has 0 bridgehead atoms. The Morgan fingerprint density at radius 2 is 1.74 bits per heavy atom. The zero-order chi connectivity index (χ0) is 19.4. The van der Waals surface area contributed by atoms with Gasteiger partial charge in [0.2, 0.25) is 15.9 Å². The van der Waals surface area contributed by atoms with Gasteiger partial charge < -0.3 is 4.42 Å². The molecule has 0 spiro atoms. The van der Waals surface area contributed by atoms with E-state index >= 15 is 0 Å². The van der Waals surface area contributed by atoms with Gasteiger partial charge in [0.15, 0.2) is 0 Å². The van der Waals surface area contributed by atoms with Crippen LogP contribution in [0.5, 0.6) is 0 Å². The summed E-state index contributed by atoms with van der Waals surface area (Å²) in [6, 6.07) is 15.7. The molecule has 3 rings (SSSR count). The van der Waals surface area contributed by atoms with E-state index in [1.807, 2.05) is 37.3 Å². The van der Waals surface area contributed by atoms with Crippen molar-refractivity contribution in [2.75, 3.05) is 6.54 Å². The van der Waals surface area contributed by atoms with Crippen LogP contribution < -0.4 is 0 Å². The normalized spacial score (nSPS) is 11.9. The van der Waals surface area contributed by atoms with Crippen LogP contribution in [-0.4, -0.2) is 24.3 Å². The predicted molar refractivity (Wildman–Crippen MR) is 106 cm³/mol. The average molecular weight is 405 g/mol. The summed E-state index contributed by atoms with van der Waals surface area (Å²) in [7, 11) is -3.66. The molecule has 5 nitrogen and oxygen atoms in total. The van der Waals surface area contributed by atoms with Gasteiger partial charge in [0.25, 0.3) is 0 Å². The Kier molecular flexibility index (Phi) is 5.99. The number of sulfonamides is 1. The number of aryl methyl sites for hydroxylation is 1. The summed E-state index contributed by atoms with van der Waals surface area (Å²) in [6.07, 6.45) is 0.690. The molecule has 0 aliphatic rings. The molecular weight excluding hydrogens is 384 g/mol. The minimum absolute atomic E-state index is 0.154. The number of benzene rings is 2. The topological polar surface area (TPSA) is 63.4 Å². The molecule has 0 N–H and O–H groups in total. The van der Waals surface area contributed by atoms with E-state index in [9.17, 15) is 8.42 Å². The lowest BCUT2D eigenvalue weighted by Gasteiger charge is -2.21. The van der Waals surface area contributed by atoms with Crippen molar-refractivity contribution in [1.29, 1.82) is 0 Å². The third kappa shape index (κ3) is 4.40. The van der Waals surface area contributed by atoms with Crippen LogP contribution in [0.25, 0.3) is 11.5 Å². The highest BCUT2D eigenvalue weighted by molar-refractivity contribution is 7.89. The molecular formula is C20H21ClN2O3S. The molecule has 0 amide bonds. The molecule has 1 heterocycles. The Morgan fingerprint density at radius 1 is 1.07 bits per heavy atom. The highest BCUT2D eigenvalue weighted by Crippen LogP contribution is 2.25. The SMILES string of the molecule is CCCN(Cc1nc(-c2ccccc2)oc1C)S(=O)(=O)c1ccc(Cl)cc1. The summed E-state index contributed by atoms with van der Waals surface area (Å²) >= 11 is 5.88. The number of halogens is 1. The number of oxazole rings is 1. The predicted octanol–water partition coefficient (Wildman–Crippen LogP) is 4.90. The molecule has 0 unspecified atom stereocenters. The van der Waals surface area contributed by atoms with E-state index in [0.29, 0.717) is 35.3 Å². The van der Waals surface area contributed by atoms with Crippen molar-refractivity contribution in [2.45, 2.75) is 31.7 Å². The quantitative estimate of drug-likeness (QED) is 0.561. The van der Waals surface area contributed by atoms with Crippen LogP contribution in [0.1, 0.15) is 24.8 Å². The standard InChI is InChI=1S/C20H21ClN2O3S/c1-3-13-23(27(24,25)18-11-9-17(21)10-12-18)14-19-15(2)26-20(22-19)16-7-5-4-6-8-16/h4-12H,3,13-14H2,1-2H3. The van der Waals surface area contributed by atoms with Crippen molar-refractivity contribution >= 4 is 21.6 Å². The maximum absolute atomic E-state index is 13.1. The van der Waals surface area contributed by atoms with E-state index in [-0.39, 0.29) is 11.4 Å². The van der Waals surface area contributed by atoms with Gasteiger partial charge in [-0.1, -0.05) is 36.7 Å². The summed E-state index contributed by atoms with van der Waals surface area (Å²) < 4.78 is 33.3. The lowest BCUT2D eigenvalue weighted by Crippen LogP contribution is -2.31. The average Bonchev–Trinajstić information content (AvgIpc) is 3.03. The van der Waals surface area contributed by atoms with Crippen molar-refractivity contribution in [2.24, 2.45) is 0 Å². The van der Waals surface area contributed by atoms with Crippen molar-refractivity contribution in [3.8, 4) is 11.5 Å². The number of hydrogen-bond acceptors (Lipinski definition) is 4. The number of hydrogen-bond donors (Lipinski definition) is 0. The smallest absolute Gasteiger partial charge is 0.243 e. The first-order valence-electron chi connectivity index (χ1n) is 8.69. The third-order valence-electron chi connectivity index (χ3n) is 4.16. The zero-order valence-electron chi connectivity index (χ0n) is 15.2. The fourth-order valence-electron chi connectivity index (χ4n) is 2.74. The summed E-state index contributed by atoms with van der Waals surface area (Å²) in [6.45, 7) is 4.28. The largest absolute Gasteiger partial charge is 0.441 e. The highest BCUT2D eigenvalue weighted by Gasteiger charge is 2.26. The van der Waals surface area contributed by atoms with Gasteiger partial charge in [-0.05, 0) is 49.7 Å². The molecule has 0 saturated heterocycles. The minimum atomic E-state index is -3.66. The summed E-state index contributed by atoms with van der Waals surface area (Å²) in [5.74, 6) is 1.10. The third-order valence-corrected chi connectivity index (χ3v) is 6.28. The number of rotatable bonds is 7. The van der Waals surface area contributed by atoms with E-state index in [4.69, 9.17) is 16.0 Å². The van der Waals surface area contributed by atoms with Crippen LogP contribution in [0.3, 0.4) is 0 Å². The first kappa shape index (κ1) is 19.6. The van der Waals surface area contributed by atoms with E-state index < -0.39 is 10.0 Å². The molecule has 0 saturated carbocycles. The Morgan fingerprint density at radius 3 is 2.37 bits per heavy atom. The second-order valence-electron chi connectivity index (χ2n) is 6.18. The fourth-order valence-corrected chi connectivity index (χ4v) is 4.35. The summed E-state index contributed by atoms with van der Waals surface area (Å²) in [5.41, 5.74) is 1.47.